The fourth-order valence-electron chi connectivity index (χ4n) is 14.7. The van der Waals surface area contributed by atoms with Crippen molar-refractivity contribution in [3.63, 3.8) is 0 Å². The van der Waals surface area contributed by atoms with Gasteiger partial charge >= 0.3 is 17.9 Å². The van der Waals surface area contributed by atoms with Gasteiger partial charge in [0, 0.05) is 34.2 Å². The van der Waals surface area contributed by atoms with Crippen LogP contribution in [0.2, 0.25) is 10.0 Å². The fraction of sp³-hybridized carbons (Fsp3) is 0.869. The highest BCUT2D eigenvalue weighted by Crippen LogP contribution is 2.53. The van der Waals surface area contributed by atoms with Crippen molar-refractivity contribution in [3.8, 4) is 11.5 Å². The number of phenols is 1. The average Bonchev–Trinajstić information content (AvgIpc) is 1.59. The summed E-state index contributed by atoms with van der Waals surface area (Å²) in [6.45, 7) is 15.4. The van der Waals surface area contributed by atoms with Crippen LogP contribution in [0.3, 0.4) is 0 Å². The molecule has 0 saturated carbocycles. The molecule has 7 N–H and O–H groups in total. The van der Waals surface area contributed by atoms with E-state index < -0.39 is 219 Å². The maximum atomic E-state index is 13.6. The molecule has 0 bridgehead atoms. The van der Waals surface area contributed by atoms with E-state index in [-0.39, 0.29) is 66.2 Å². The predicted octanol–water partition coefficient (Wildman–Crippen LogP) is 0.844. The minimum absolute atomic E-state index is 0.00581. The van der Waals surface area contributed by atoms with Gasteiger partial charge in [0.25, 0.3) is 5.97 Å². The zero-order valence-corrected chi connectivity index (χ0v) is 56.6. The van der Waals surface area contributed by atoms with Crippen molar-refractivity contribution >= 4 is 35.1 Å². The quantitative estimate of drug-likeness (QED) is 0.100. The highest BCUT2D eigenvalue weighted by molar-refractivity contribution is 6.39. The highest BCUT2D eigenvalue weighted by Gasteiger charge is 2.73. The van der Waals surface area contributed by atoms with Gasteiger partial charge in [-0.15, -0.1) is 0 Å². The Labute approximate surface area is 558 Å². The summed E-state index contributed by atoms with van der Waals surface area (Å²) in [6.07, 6.45) is -33.7. The Hall–Kier alpha value is -2.70. The van der Waals surface area contributed by atoms with Crippen molar-refractivity contribution in [2.75, 3.05) is 48.4 Å². The first kappa shape index (κ1) is 73.5. The van der Waals surface area contributed by atoms with E-state index in [1.165, 1.54) is 49.2 Å². The molecule has 10 saturated heterocycles. The number of halogens is 2. The minimum Gasteiger partial charge on any atom is -0.505 e. The number of benzene rings is 1. The van der Waals surface area contributed by atoms with Gasteiger partial charge < -0.3 is 145 Å². The van der Waals surface area contributed by atoms with Crippen LogP contribution in [0.1, 0.15) is 97.5 Å². The molecule has 1 aromatic rings. The normalized spacial score (nSPS) is 47.7. The molecule has 10 aliphatic heterocycles. The lowest BCUT2D eigenvalue weighted by Crippen LogP contribution is -2.72. The first-order valence-corrected chi connectivity index (χ1v) is 32.6. The Kier molecular flexibility index (Phi) is 22.1. The molecule has 10 fully saturated rings. The zero-order valence-electron chi connectivity index (χ0n) is 55.1. The number of rotatable bonds is 18. The van der Waals surface area contributed by atoms with Gasteiger partial charge in [-0.3, -0.25) is 4.79 Å². The second-order valence-electron chi connectivity index (χ2n) is 26.4. The number of phenolic OH excluding ortho intramolecular Hbond substituents is 1. The molecular formula is C61H90Cl2O32. The third kappa shape index (κ3) is 13.5. The number of hydrogen-bond donors (Lipinski definition) is 7. The highest BCUT2D eigenvalue weighted by atomic mass is 35.5. The summed E-state index contributed by atoms with van der Waals surface area (Å²) in [5, 5.41) is 79.9. The molecule has 0 aliphatic carbocycles. The van der Waals surface area contributed by atoms with E-state index in [1.807, 2.05) is 0 Å². The third-order valence-electron chi connectivity index (χ3n) is 19.5. The second-order valence-corrected chi connectivity index (χ2v) is 27.2. The van der Waals surface area contributed by atoms with Gasteiger partial charge in [0.15, 0.2) is 55.0 Å². The van der Waals surface area contributed by atoms with E-state index in [0.29, 0.717) is 0 Å². The molecular weight excluding hydrogens is 1320 g/mol. The van der Waals surface area contributed by atoms with Crippen LogP contribution >= 0.6 is 23.2 Å². The van der Waals surface area contributed by atoms with Crippen LogP contribution in [0.5, 0.6) is 11.5 Å². The molecule has 540 valence electrons. The maximum Gasteiger partial charge on any atom is 0.342 e. The number of esters is 2. The monoisotopic (exact) mass is 1400 g/mol. The van der Waals surface area contributed by atoms with E-state index in [0.717, 1.165) is 0 Å². The van der Waals surface area contributed by atoms with Gasteiger partial charge in [-0.25, -0.2) is 4.79 Å². The van der Waals surface area contributed by atoms with Crippen molar-refractivity contribution in [3.05, 3.63) is 21.2 Å². The lowest BCUT2D eigenvalue weighted by molar-refractivity contribution is -0.439. The van der Waals surface area contributed by atoms with Crippen LogP contribution in [0.25, 0.3) is 0 Å². The number of aliphatic hydroxyl groups is 6. The Morgan fingerprint density at radius 2 is 1.34 bits per heavy atom. The number of aromatic hydroxyl groups is 1. The summed E-state index contributed by atoms with van der Waals surface area (Å²) in [6, 6.07) is 0. The molecule has 10 heterocycles. The average molecular weight is 1410 g/mol. The number of ether oxygens (including phenoxy) is 23. The fourth-order valence-corrected chi connectivity index (χ4v) is 15.2. The number of hydrogen-bond acceptors (Lipinski definition) is 32. The van der Waals surface area contributed by atoms with Crippen molar-refractivity contribution in [2.45, 2.75) is 283 Å². The van der Waals surface area contributed by atoms with E-state index in [1.54, 1.807) is 48.5 Å². The number of carbonyl (C=O) groups excluding carboxylic acids is 2. The number of fused-ring (bicyclic) bond motifs is 4. The predicted molar refractivity (Wildman–Crippen MR) is 314 cm³/mol. The first-order chi connectivity index (χ1) is 44.9. The van der Waals surface area contributed by atoms with Crippen LogP contribution in [0, 0.1) is 12.8 Å². The number of carbonyl (C=O) groups is 2. The van der Waals surface area contributed by atoms with Gasteiger partial charge in [-0.1, -0.05) is 37.0 Å². The topological polar surface area (TPSA) is 388 Å². The largest absolute Gasteiger partial charge is 0.505 e. The molecule has 2 spiro atoms. The van der Waals surface area contributed by atoms with Crippen LogP contribution in [0.15, 0.2) is 0 Å². The minimum atomic E-state index is -2.03. The molecule has 32 atom stereocenters. The van der Waals surface area contributed by atoms with Crippen LogP contribution in [-0.2, 0) is 109 Å². The molecule has 32 nitrogen and oxygen atoms in total. The van der Waals surface area contributed by atoms with Crippen molar-refractivity contribution in [1.82, 2.24) is 0 Å². The van der Waals surface area contributed by atoms with E-state index in [9.17, 15) is 45.3 Å². The number of methoxy groups -OCH3 is 4. The van der Waals surface area contributed by atoms with E-state index in [4.69, 9.17) is 132 Å². The maximum absolute atomic E-state index is 13.6. The standard InChI is InChI=1S/C61H90Cl2O32/c1-21(2)53(70)87-49-45-32(92-61(93-45)52-51(78-20-79-52)60(72,27(8)64)28(9)91-61)19-77-56(49)89-57-48(76-14)39(68)44(31(83-57)18-73-11)88-55-40(69)47(43(74-12)24(5)82-55)85-34-17-58(10)50(26(7)81-34)94-59(95-58)16-30(66)42(25(6)90-59)84-33-15-29(65)41(23(4)80-33)86-54(71)35-22(3)36(62)38(67)37(63)46(35)75-13/h21,23-34,39-45,47-52,55-57,64-69,72H,15-20H2,1-14H3/t23-,24-,25-,26-,27?,28-,29-,30-,31-,32+,33?,34?,39+,40?,41-,42-,43+,44-,45-,47?,48+,49-,50-,51-,52-,55+,56?,57+,58-,59?,60+,61?/m1/s1. The summed E-state index contributed by atoms with van der Waals surface area (Å²) in [4.78, 5) is 27.0. The van der Waals surface area contributed by atoms with Crippen molar-refractivity contribution in [2.24, 2.45) is 5.92 Å². The van der Waals surface area contributed by atoms with Crippen molar-refractivity contribution < 1.29 is 154 Å². The zero-order chi connectivity index (χ0) is 68.9. The molecule has 0 aromatic heterocycles. The van der Waals surface area contributed by atoms with Crippen molar-refractivity contribution in [1.29, 1.82) is 0 Å². The molecule has 1 aromatic carbocycles. The van der Waals surface area contributed by atoms with Gasteiger partial charge in [0.1, 0.15) is 102 Å². The van der Waals surface area contributed by atoms with Gasteiger partial charge in [-0.05, 0) is 61.0 Å². The van der Waals surface area contributed by atoms with Gasteiger partial charge in [0.05, 0.1) is 86.5 Å². The smallest absolute Gasteiger partial charge is 0.342 e. The lowest BCUT2D eigenvalue weighted by atomic mass is 9.80. The summed E-state index contributed by atoms with van der Waals surface area (Å²) in [5.74, 6) is -6.71. The summed E-state index contributed by atoms with van der Waals surface area (Å²) < 4.78 is 142. The molecule has 0 amide bonds. The van der Waals surface area contributed by atoms with E-state index >= 15 is 0 Å². The second kappa shape index (κ2) is 28.6. The van der Waals surface area contributed by atoms with Gasteiger partial charge in [0.2, 0.25) is 6.29 Å². The molecule has 8 unspecified atom stereocenters. The summed E-state index contributed by atoms with van der Waals surface area (Å²) in [7, 11) is 5.37. The Balaban J connectivity index is 0.722. The Bertz CT molecular complexity index is 2840. The van der Waals surface area contributed by atoms with Crippen LogP contribution in [-0.4, -0.2) is 291 Å². The summed E-state index contributed by atoms with van der Waals surface area (Å²) in [5.41, 5.74) is -3.14. The molecule has 11 rings (SSSR count). The summed E-state index contributed by atoms with van der Waals surface area (Å²) >= 11 is 12.5. The first-order valence-electron chi connectivity index (χ1n) is 31.9. The third-order valence-corrected chi connectivity index (χ3v) is 20.4. The van der Waals surface area contributed by atoms with Crippen LogP contribution < -0.4 is 4.74 Å². The molecule has 34 heteroatoms. The Morgan fingerprint density at radius 1 is 0.653 bits per heavy atom. The molecule has 10 aliphatic rings. The van der Waals surface area contributed by atoms with Gasteiger partial charge in [-0.2, -0.15) is 0 Å². The van der Waals surface area contributed by atoms with Crippen LogP contribution in [0.4, 0.5) is 0 Å². The lowest BCUT2D eigenvalue weighted by Gasteiger charge is -2.51. The Morgan fingerprint density at radius 3 is 1.99 bits per heavy atom. The SMILES string of the molecule is COC[C@H]1O[C@@H](OC2OC[C@@H]3OC4(O[C@H]3[C@H]2OC(=O)C(C)C)O[C@H](C)[C@@](O)(C(C)O)[C@@H]2OCO[C@H]24)[C@@H](OC)[C@@H](O)[C@@H]1O[C@@H]1O[C@H](C)[C@H](OC)C(OC2C[C@@]3(C)OC4(C[C@@H](O)[C@H](OC5C[C@@H](O)[C@H](OC(=O)c6c(C)c(Cl)c(O)c(Cl)c6OC)[C@@H](C)O5)[C@@H](C)O4)O[C@@H]3[C@@H](C)O2)C1O. The molecule has 95 heavy (non-hydrogen) atoms. The van der Waals surface area contributed by atoms with E-state index in [2.05, 4.69) is 0 Å². The molecule has 0 radical (unpaired) electrons. The number of aliphatic hydroxyl groups excluding tert-OH is 5.